The van der Waals surface area contributed by atoms with Gasteiger partial charge < -0.3 is 10.1 Å². The molecule has 1 aromatic rings. The third kappa shape index (κ3) is 5.45. The Morgan fingerprint density at radius 1 is 1.10 bits per heavy atom. The van der Waals surface area contributed by atoms with E-state index < -0.39 is 6.61 Å². The number of hydrogen-bond acceptors (Lipinski definition) is 2. The van der Waals surface area contributed by atoms with Gasteiger partial charge >= 0.3 is 6.61 Å². The highest BCUT2D eigenvalue weighted by molar-refractivity contribution is 5.28. The molecule has 0 aliphatic heterocycles. The second-order valence-corrected chi connectivity index (χ2v) is 6.34. The Balaban J connectivity index is 2.53. The molecule has 2 unspecified atom stereocenters. The molecule has 114 valence electrons. The van der Waals surface area contributed by atoms with Crippen LogP contribution >= 0.6 is 0 Å². The minimum atomic E-state index is -2.77. The first-order chi connectivity index (χ1) is 9.20. The number of ether oxygens (including phenoxy) is 1. The molecule has 0 radical (unpaired) electrons. The fraction of sp³-hybridized carbons (Fsp3) is 0.625. The SMILES string of the molecule is CC(NCC(C)C(C)(C)C)c1ccc(OC(F)F)cc1. The van der Waals surface area contributed by atoms with Crippen molar-refractivity contribution in [2.75, 3.05) is 6.54 Å². The normalized spacial score (nSPS) is 15.2. The maximum Gasteiger partial charge on any atom is 0.387 e. The largest absolute Gasteiger partial charge is 0.435 e. The van der Waals surface area contributed by atoms with Crippen molar-refractivity contribution < 1.29 is 13.5 Å². The van der Waals surface area contributed by atoms with E-state index in [1.54, 1.807) is 12.1 Å². The molecule has 1 rings (SSSR count). The summed E-state index contributed by atoms with van der Waals surface area (Å²) in [5.41, 5.74) is 1.33. The van der Waals surface area contributed by atoms with Gasteiger partial charge in [0.1, 0.15) is 5.75 Å². The van der Waals surface area contributed by atoms with Crippen LogP contribution in [0.15, 0.2) is 24.3 Å². The summed E-state index contributed by atoms with van der Waals surface area (Å²) in [6.07, 6.45) is 0. The Labute approximate surface area is 120 Å². The lowest BCUT2D eigenvalue weighted by Gasteiger charge is -2.29. The first-order valence-electron chi connectivity index (χ1n) is 6.98. The molecule has 0 spiro atoms. The molecule has 2 nitrogen and oxygen atoms in total. The van der Waals surface area contributed by atoms with Gasteiger partial charge in [0, 0.05) is 6.04 Å². The van der Waals surface area contributed by atoms with Gasteiger partial charge in [0.15, 0.2) is 0 Å². The van der Waals surface area contributed by atoms with Crippen molar-refractivity contribution >= 4 is 0 Å². The van der Waals surface area contributed by atoms with Crippen molar-refractivity contribution in [1.82, 2.24) is 5.32 Å². The van der Waals surface area contributed by atoms with Crippen LogP contribution in [0.4, 0.5) is 8.78 Å². The van der Waals surface area contributed by atoms with Gasteiger partial charge in [-0.2, -0.15) is 8.78 Å². The number of rotatable bonds is 6. The third-order valence-electron chi connectivity index (χ3n) is 3.81. The molecule has 0 fully saturated rings. The van der Waals surface area contributed by atoms with Crippen LogP contribution in [0.5, 0.6) is 5.75 Å². The number of nitrogens with one attached hydrogen (secondary N) is 1. The summed E-state index contributed by atoms with van der Waals surface area (Å²) in [5, 5.41) is 3.48. The summed E-state index contributed by atoms with van der Waals surface area (Å²) in [7, 11) is 0. The van der Waals surface area contributed by atoms with E-state index in [9.17, 15) is 8.78 Å². The highest BCUT2D eigenvalue weighted by Gasteiger charge is 2.20. The van der Waals surface area contributed by atoms with E-state index in [4.69, 9.17) is 0 Å². The molecule has 2 atom stereocenters. The lowest BCUT2D eigenvalue weighted by Crippen LogP contribution is -2.31. The topological polar surface area (TPSA) is 21.3 Å². The molecule has 0 aliphatic rings. The zero-order chi connectivity index (χ0) is 15.3. The number of hydrogen-bond donors (Lipinski definition) is 1. The molecule has 0 saturated carbocycles. The second-order valence-electron chi connectivity index (χ2n) is 6.34. The molecular formula is C16H25F2NO. The van der Waals surface area contributed by atoms with Gasteiger partial charge in [-0.05, 0) is 42.5 Å². The van der Waals surface area contributed by atoms with Crippen molar-refractivity contribution in [2.45, 2.75) is 47.3 Å². The van der Waals surface area contributed by atoms with E-state index >= 15 is 0 Å². The predicted molar refractivity (Wildman–Crippen MR) is 78.1 cm³/mol. The van der Waals surface area contributed by atoms with E-state index in [1.165, 1.54) is 0 Å². The predicted octanol–water partition coefficient (Wildman–Crippen LogP) is 4.62. The molecule has 0 bridgehead atoms. The number of benzene rings is 1. The number of halogens is 2. The molecule has 0 aromatic heterocycles. The average molecular weight is 285 g/mol. The fourth-order valence-electron chi connectivity index (χ4n) is 1.72. The quantitative estimate of drug-likeness (QED) is 0.823. The van der Waals surface area contributed by atoms with Gasteiger partial charge in [-0.3, -0.25) is 0 Å². The van der Waals surface area contributed by atoms with Gasteiger partial charge in [-0.15, -0.1) is 0 Å². The van der Waals surface area contributed by atoms with Gasteiger partial charge in [-0.25, -0.2) is 0 Å². The van der Waals surface area contributed by atoms with Crippen LogP contribution in [0.25, 0.3) is 0 Å². The second kappa shape index (κ2) is 7.02. The molecule has 1 N–H and O–H groups in total. The monoisotopic (exact) mass is 285 g/mol. The van der Waals surface area contributed by atoms with Crippen molar-refractivity contribution in [1.29, 1.82) is 0 Å². The Morgan fingerprint density at radius 2 is 1.65 bits per heavy atom. The van der Waals surface area contributed by atoms with E-state index in [-0.39, 0.29) is 17.2 Å². The molecule has 0 heterocycles. The maximum atomic E-state index is 12.1. The summed E-state index contributed by atoms with van der Waals surface area (Å²) >= 11 is 0. The lowest BCUT2D eigenvalue weighted by molar-refractivity contribution is -0.0498. The van der Waals surface area contributed by atoms with Gasteiger partial charge in [0.2, 0.25) is 0 Å². The summed E-state index contributed by atoms with van der Waals surface area (Å²) in [5.74, 6) is 0.741. The van der Waals surface area contributed by atoms with Gasteiger partial charge in [0.25, 0.3) is 0 Å². The highest BCUT2D eigenvalue weighted by atomic mass is 19.3. The van der Waals surface area contributed by atoms with Crippen molar-refractivity contribution in [3.05, 3.63) is 29.8 Å². The van der Waals surface area contributed by atoms with E-state index in [0.717, 1.165) is 12.1 Å². The smallest absolute Gasteiger partial charge is 0.387 e. The Hall–Kier alpha value is -1.16. The Bertz CT molecular complexity index is 398. The molecule has 0 aliphatic carbocycles. The van der Waals surface area contributed by atoms with Crippen molar-refractivity contribution in [3.8, 4) is 5.75 Å². The zero-order valence-electron chi connectivity index (χ0n) is 12.9. The van der Waals surface area contributed by atoms with Crippen molar-refractivity contribution in [3.63, 3.8) is 0 Å². The summed E-state index contributed by atoms with van der Waals surface area (Å²) in [6.45, 7) is 9.10. The minimum absolute atomic E-state index is 0.181. The Kier molecular flexibility index (Phi) is 5.93. The molecule has 0 saturated heterocycles. The first-order valence-corrected chi connectivity index (χ1v) is 6.98. The average Bonchev–Trinajstić information content (AvgIpc) is 2.34. The van der Waals surface area contributed by atoms with Gasteiger partial charge in [0.05, 0.1) is 0 Å². The first kappa shape index (κ1) is 16.9. The van der Waals surface area contributed by atoms with Crippen LogP contribution < -0.4 is 10.1 Å². The van der Waals surface area contributed by atoms with Crippen LogP contribution in [0.2, 0.25) is 0 Å². The van der Waals surface area contributed by atoms with Crippen molar-refractivity contribution in [2.24, 2.45) is 11.3 Å². The van der Waals surface area contributed by atoms with E-state index in [0.29, 0.717) is 5.92 Å². The van der Waals surface area contributed by atoms with Crippen LogP contribution in [-0.2, 0) is 0 Å². The van der Waals surface area contributed by atoms with Crippen LogP contribution in [0, 0.1) is 11.3 Å². The molecular weight excluding hydrogens is 260 g/mol. The summed E-state index contributed by atoms with van der Waals surface area (Å²) in [6, 6.07) is 6.97. The summed E-state index contributed by atoms with van der Waals surface area (Å²) < 4.78 is 28.5. The van der Waals surface area contributed by atoms with Crippen LogP contribution in [0.1, 0.15) is 46.2 Å². The maximum absolute atomic E-state index is 12.1. The highest BCUT2D eigenvalue weighted by Crippen LogP contribution is 2.25. The fourth-order valence-corrected chi connectivity index (χ4v) is 1.72. The lowest BCUT2D eigenvalue weighted by atomic mass is 9.82. The number of alkyl halides is 2. The van der Waals surface area contributed by atoms with Gasteiger partial charge in [-0.1, -0.05) is 39.8 Å². The van der Waals surface area contributed by atoms with E-state index in [2.05, 4.69) is 44.7 Å². The third-order valence-corrected chi connectivity index (χ3v) is 3.81. The molecule has 20 heavy (non-hydrogen) atoms. The van der Waals surface area contributed by atoms with Crippen LogP contribution in [-0.4, -0.2) is 13.2 Å². The van der Waals surface area contributed by atoms with E-state index in [1.807, 2.05) is 12.1 Å². The molecule has 4 heteroatoms. The minimum Gasteiger partial charge on any atom is -0.435 e. The molecule has 1 aromatic carbocycles. The summed E-state index contributed by atoms with van der Waals surface area (Å²) in [4.78, 5) is 0. The zero-order valence-corrected chi connectivity index (χ0v) is 12.9. The standard InChI is InChI=1S/C16H25F2NO/c1-11(16(3,4)5)10-19-12(2)13-6-8-14(9-7-13)20-15(17)18/h6-9,11-12,15,19H,10H2,1-5H3. The Morgan fingerprint density at radius 3 is 2.10 bits per heavy atom. The molecule has 0 amide bonds. The van der Waals surface area contributed by atoms with Crippen LogP contribution in [0.3, 0.4) is 0 Å².